The molecule has 1 aromatic rings. The highest BCUT2D eigenvalue weighted by atomic mass is 16.5. The lowest BCUT2D eigenvalue weighted by molar-refractivity contribution is 0.0212. The van der Waals surface area contributed by atoms with Gasteiger partial charge in [0.1, 0.15) is 30.0 Å². The summed E-state index contributed by atoms with van der Waals surface area (Å²) in [6.07, 6.45) is 4.89. The van der Waals surface area contributed by atoms with Gasteiger partial charge in [-0.3, -0.25) is 0 Å². The largest absolute Gasteiger partial charge is 0.459 e. The Hall–Kier alpha value is -3.30. The average molecular weight is 320 g/mol. The Bertz CT molecular complexity index is 755. The molecule has 0 atom stereocenters. The Labute approximate surface area is 140 Å². The van der Waals surface area contributed by atoms with E-state index in [2.05, 4.69) is 5.32 Å². The first-order chi connectivity index (χ1) is 11.7. The van der Waals surface area contributed by atoms with Gasteiger partial charge in [0.25, 0.3) is 0 Å². The van der Waals surface area contributed by atoms with E-state index < -0.39 is 5.97 Å². The van der Waals surface area contributed by atoms with E-state index in [0.717, 1.165) is 32.1 Å². The van der Waals surface area contributed by atoms with Crippen LogP contribution in [0.25, 0.3) is 0 Å². The second kappa shape index (κ2) is 8.36. The number of carbonyl (C=O) groups excluding carboxylic acids is 1. The van der Waals surface area contributed by atoms with Crippen molar-refractivity contribution in [3.8, 4) is 18.2 Å². The fourth-order valence-electron chi connectivity index (χ4n) is 2.59. The normalized spacial score (nSPS) is 13.7. The van der Waals surface area contributed by atoms with Crippen molar-refractivity contribution in [1.29, 1.82) is 15.8 Å². The van der Waals surface area contributed by atoms with Gasteiger partial charge in [-0.1, -0.05) is 18.6 Å². The molecule has 0 amide bonds. The highest BCUT2D eigenvalue weighted by Gasteiger charge is 2.21. The van der Waals surface area contributed by atoms with E-state index >= 15 is 0 Å². The molecule has 6 nitrogen and oxygen atoms in total. The molecule has 0 saturated heterocycles. The van der Waals surface area contributed by atoms with Gasteiger partial charge < -0.3 is 10.1 Å². The number of nitrogens with zero attached hydrogens (tertiary/aromatic N) is 3. The SMILES string of the molecule is N#CC(C#N)=C(C#N)Nc1ccccc1C(=O)OC1CCCCC1. The van der Waals surface area contributed by atoms with E-state index in [4.69, 9.17) is 20.5 Å². The van der Waals surface area contributed by atoms with Gasteiger partial charge in [0.2, 0.25) is 0 Å². The van der Waals surface area contributed by atoms with Crippen LogP contribution in [0.1, 0.15) is 42.5 Å². The van der Waals surface area contributed by atoms with E-state index in [9.17, 15) is 4.79 Å². The summed E-state index contributed by atoms with van der Waals surface area (Å²) in [5.41, 5.74) is 0.0646. The molecule has 120 valence electrons. The van der Waals surface area contributed by atoms with Crippen LogP contribution < -0.4 is 5.32 Å². The molecule has 2 rings (SSSR count). The average Bonchev–Trinajstić information content (AvgIpc) is 2.63. The van der Waals surface area contributed by atoms with Crippen molar-refractivity contribution in [2.45, 2.75) is 38.2 Å². The van der Waals surface area contributed by atoms with E-state index in [0.29, 0.717) is 5.69 Å². The topological polar surface area (TPSA) is 110 Å². The Morgan fingerprint density at radius 3 is 2.33 bits per heavy atom. The van der Waals surface area contributed by atoms with Crippen molar-refractivity contribution in [3.05, 3.63) is 41.1 Å². The lowest BCUT2D eigenvalue weighted by atomic mass is 9.98. The minimum Gasteiger partial charge on any atom is -0.459 e. The number of rotatable bonds is 4. The van der Waals surface area contributed by atoms with Gasteiger partial charge in [-0.15, -0.1) is 0 Å². The van der Waals surface area contributed by atoms with E-state index in [1.165, 1.54) is 0 Å². The van der Waals surface area contributed by atoms with Crippen LogP contribution in [0.4, 0.5) is 5.69 Å². The lowest BCUT2D eigenvalue weighted by Crippen LogP contribution is -2.21. The molecule has 0 aromatic heterocycles. The van der Waals surface area contributed by atoms with Crippen LogP contribution in [0, 0.1) is 34.0 Å². The van der Waals surface area contributed by atoms with Crippen molar-refractivity contribution >= 4 is 11.7 Å². The summed E-state index contributed by atoms with van der Waals surface area (Å²) < 4.78 is 5.54. The first-order valence-electron chi connectivity index (χ1n) is 7.71. The summed E-state index contributed by atoms with van der Waals surface area (Å²) in [5.74, 6) is -0.474. The Balaban J connectivity index is 2.23. The maximum absolute atomic E-state index is 12.4. The molecule has 1 aliphatic rings. The smallest absolute Gasteiger partial charge is 0.340 e. The van der Waals surface area contributed by atoms with Crippen molar-refractivity contribution in [2.75, 3.05) is 5.32 Å². The third-order valence-corrected chi connectivity index (χ3v) is 3.82. The number of hydrogen-bond acceptors (Lipinski definition) is 6. The van der Waals surface area contributed by atoms with Crippen LogP contribution >= 0.6 is 0 Å². The molecule has 24 heavy (non-hydrogen) atoms. The summed E-state index contributed by atoms with van der Waals surface area (Å²) in [4.78, 5) is 12.4. The van der Waals surface area contributed by atoms with Gasteiger partial charge >= 0.3 is 5.97 Å². The fraction of sp³-hybridized carbons (Fsp3) is 0.333. The Kier molecular flexibility index (Phi) is 5.95. The van der Waals surface area contributed by atoms with Crippen molar-refractivity contribution in [2.24, 2.45) is 0 Å². The number of allylic oxidation sites excluding steroid dienone is 2. The summed E-state index contributed by atoms with van der Waals surface area (Å²) in [5, 5.41) is 29.6. The standard InChI is InChI=1S/C18H16N4O2/c19-10-13(11-20)17(12-21)22-16-9-5-4-8-15(16)18(23)24-14-6-2-1-3-7-14/h4-5,8-9,14,22H,1-3,6-7H2. The Morgan fingerprint density at radius 1 is 1.04 bits per heavy atom. The molecule has 0 unspecified atom stereocenters. The van der Waals surface area contributed by atoms with Gasteiger partial charge in [-0.25, -0.2) is 4.79 Å². The van der Waals surface area contributed by atoms with Gasteiger partial charge in [-0.05, 0) is 37.8 Å². The summed E-state index contributed by atoms with van der Waals surface area (Å²) in [7, 11) is 0. The lowest BCUT2D eigenvalue weighted by Gasteiger charge is -2.22. The number of ether oxygens (including phenoxy) is 1. The first kappa shape index (κ1) is 17.1. The van der Waals surface area contributed by atoms with Crippen LogP contribution in [-0.2, 0) is 4.74 Å². The highest BCUT2D eigenvalue weighted by molar-refractivity contribution is 5.96. The highest BCUT2D eigenvalue weighted by Crippen LogP contribution is 2.24. The molecular formula is C18H16N4O2. The molecule has 0 aliphatic heterocycles. The number of nitrogens with one attached hydrogen (secondary N) is 1. The first-order valence-corrected chi connectivity index (χ1v) is 7.71. The van der Waals surface area contributed by atoms with Crippen LogP contribution in [0.2, 0.25) is 0 Å². The van der Waals surface area contributed by atoms with Gasteiger partial charge in [0.05, 0.1) is 11.3 Å². The Morgan fingerprint density at radius 2 is 1.71 bits per heavy atom. The van der Waals surface area contributed by atoms with Crippen molar-refractivity contribution in [1.82, 2.24) is 0 Å². The van der Waals surface area contributed by atoms with E-state index in [-0.39, 0.29) is 22.9 Å². The van der Waals surface area contributed by atoms with Gasteiger partial charge in [-0.2, -0.15) is 15.8 Å². The van der Waals surface area contributed by atoms with Crippen molar-refractivity contribution < 1.29 is 9.53 Å². The van der Waals surface area contributed by atoms with E-state index in [1.54, 1.807) is 42.5 Å². The number of benzene rings is 1. The number of esters is 1. The summed E-state index contributed by atoms with van der Waals surface area (Å²) in [6.45, 7) is 0. The molecule has 1 fully saturated rings. The maximum atomic E-state index is 12.4. The predicted octanol–water partition coefficient (Wildman–Crippen LogP) is 3.41. The van der Waals surface area contributed by atoms with E-state index in [1.807, 2.05) is 0 Å². The second-order valence-electron chi connectivity index (χ2n) is 5.42. The third-order valence-electron chi connectivity index (χ3n) is 3.82. The molecule has 0 heterocycles. The minimum atomic E-state index is -0.474. The summed E-state index contributed by atoms with van der Waals surface area (Å²) in [6, 6.07) is 11.6. The van der Waals surface area contributed by atoms with Gasteiger partial charge in [0.15, 0.2) is 5.57 Å². The van der Waals surface area contributed by atoms with Crippen LogP contribution in [-0.4, -0.2) is 12.1 Å². The zero-order valence-electron chi connectivity index (χ0n) is 13.1. The molecule has 1 aliphatic carbocycles. The van der Waals surface area contributed by atoms with Crippen LogP contribution in [0.3, 0.4) is 0 Å². The molecule has 1 N–H and O–H groups in total. The quantitative estimate of drug-likeness (QED) is 0.672. The zero-order valence-corrected chi connectivity index (χ0v) is 13.1. The zero-order chi connectivity index (χ0) is 17.4. The van der Waals surface area contributed by atoms with Crippen LogP contribution in [0.15, 0.2) is 35.5 Å². The molecular weight excluding hydrogens is 304 g/mol. The number of anilines is 1. The number of hydrogen-bond donors (Lipinski definition) is 1. The number of carbonyl (C=O) groups is 1. The third kappa shape index (κ3) is 4.12. The second-order valence-corrected chi connectivity index (χ2v) is 5.42. The van der Waals surface area contributed by atoms with Crippen molar-refractivity contribution in [3.63, 3.8) is 0 Å². The molecule has 0 spiro atoms. The maximum Gasteiger partial charge on any atom is 0.340 e. The molecule has 0 bridgehead atoms. The fourth-order valence-corrected chi connectivity index (χ4v) is 2.59. The minimum absolute atomic E-state index is 0.0842. The predicted molar refractivity (Wildman–Crippen MR) is 86.2 cm³/mol. The molecule has 6 heteroatoms. The van der Waals surface area contributed by atoms with Crippen LogP contribution in [0.5, 0.6) is 0 Å². The number of para-hydroxylation sites is 1. The molecule has 1 aromatic carbocycles. The molecule has 1 saturated carbocycles. The number of nitriles is 3. The summed E-state index contributed by atoms with van der Waals surface area (Å²) >= 11 is 0. The van der Waals surface area contributed by atoms with Gasteiger partial charge in [0, 0.05) is 0 Å². The monoisotopic (exact) mass is 320 g/mol. The molecule has 0 radical (unpaired) electrons.